The molecule has 1 aliphatic heterocycles. The molecule has 0 unspecified atom stereocenters. The zero-order chi connectivity index (χ0) is 44.5. The molecule has 13 nitrogen and oxygen atoms in total. The summed E-state index contributed by atoms with van der Waals surface area (Å²) in [5.41, 5.74) is 7.62. The van der Waals surface area contributed by atoms with Crippen LogP contribution in [0.3, 0.4) is 0 Å². The standard InChI is InChI=1S/C52H55N7O6/c60-35-48-49(61)50(62)51(63)52(65-48)64-30-29-57(25-27-58(31-40-21-17-36-9-1-5-13-44(36)53-40)32-41-22-18-37-10-2-6-14-45(37)54-41)26-28-59(33-42-23-19-38-11-3-7-15-46(38)55-42)34-43-24-20-39-12-4-8-16-47(39)56-43/h1-24,48-52,60-63H,25-35H2/t48-,49+,50+,51-,52-/m1/s1. The number of aliphatic hydroxyl groups excluding tert-OH is 4. The molecule has 0 aliphatic carbocycles. The number of rotatable bonds is 19. The summed E-state index contributed by atoms with van der Waals surface area (Å²) >= 11 is 0. The number of hydrogen-bond acceptors (Lipinski definition) is 13. The summed E-state index contributed by atoms with van der Waals surface area (Å²) in [7, 11) is 0. The van der Waals surface area contributed by atoms with Crippen molar-refractivity contribution < 1.29 is 29.9 Å². The molecule has 1 fully saturated rings. The number of ether oxygens (including phenoxy) is 2. The summed E-state index contributed by atoms with van der Waals surface area (Å²) in [6, 6.07) is 49.4. The molecule has 334 valence electrons. The van der Waals surface area contributed by atoms with E-state index in [1.165, 1.54) is 0 Å². The molecule has 5 atom stereocenters. The first-order valence-electron chi connectivity index (χ1n) is 22.3. The summed E-state index contributed by atoms with van der Waals surface area (Å²) in [5.74, 6) is 0. The van der Waals surface area contributed by atoms with E-state index in [1.54, 1.807) is 0 Å². The molecule has 65 heavy (non-hydrogen) atoms. The normalized spacial score (nSPS) is 19.1. The second kappa shape index (κ2) is 21.0. The predicted octanol–water partition coefficient (Wildman–Crippen LogP) is 5.70. The van der Waals surface area contributed by atoms with Crippen molar-refractivity contribution in [1.29, 1.82) is 0 Å². The Morgan fingerprint density at radius 2 is 0.769 bits per heavy atom. The molecule has 9 rings (SSSR count). The smallest absolute Gasteiger partial charge is 0.186 e. The van der Waals surface area contributed by atoms with Crippen LogP contribution < -0.4 is 0 Å². The third-order valence-electron chi connectivity index (χ3n) is 12.2. The first kappa shape index (κ1) is 44.4. The van der Waals surface area contributed by atoms with Crippen LogP contribution in [0, 0.1) is 0 Å². The number of fused-ring (bicyclic) bond motifs is 4. The lowest BCUT2D eigenvalue weighted by Crippen LogP contribution is -2.59. The lowest BCUT2D eigenvalue weighted by molar-refractivity contribution is -0.301. The van der Waals surface area contributed by atoms with Crippen LogP contribution in [0.2, 0.25) is 0 Å². The highest BCUT2D eigenvalue weighted by molar-refractivity contribution is 5.80. The van der Waals surface area contributed by atoms with Crippen molar-refractivity contribution in [2.24, 2.45) is 0 Å². The van der Waals surface area contributed by atoms with E-state index in [4.69, 9.17) is 29.4 Å². The summed E-state index contributed by atoms with van der Waals surface area (Å²) in [6.07, 6.45) is -6.76. The van der Waals surface area contributed by atoms with Gasteiger partial charge >= 0.3 is 0 Å². The summed E-state index contributed by atoms with van der Waals surface area (Å²) in [5, 5.41) is 45.8. The Labute approximate surface area is 378 Å². The molecular weight excluding hydrogens is 819 g/mol. The Morgan fingerprint density at radius 1 is 0.415 bits per heavy atom. The van der Waals surface area contributed by atoms with Crippen molar-refractivity contribution in [2.75, 3.05) is 45.9 Å². The molecule has 1 aliphatic rings. The largest absolute Gasteiger partial charge is 0.394 e. The van der Waals surface area contributed by atoms with Gasteiger partial charge in [-0.1, -0.05) is 97.1 Å². The van der Waals surface area contributed by atoms with Gasteiger partial charge in [-0.2, -0.15) is 0 Å². The Bertz CT molecular complexity index is 2500. The Morgan fingerprint density at radius 3 is 1.14 bits per heavy atom. The van der Waals surface area contributed by atoms with Crippen molar-refractivity contribution in [3.63, 3.8) is 0 Å². The molecule has 5 heterocycles. The van der Waals surface area contributed by atoms with Gasteiger partial charge in [0.05, 0.1) is 58.1 Å². The van der Waals surface area contributed by atoms with Gasteiger partial charge in [0.25, 0.3) is 0 Å². The van der Waals surface area contributed by atoms with Crippen molar-refractivity contribution in [3.8, 4) is 0 Å². The monoisotopic (exact) mass is 873 g/mol. The zero-order valence-electron chi connectivity index (χ0n) is 36.3. The SMILES string of the molecule is OC[C@H]1O[C@@H](OCCN(CCN(Cc2ccc3ccccc3n2)Cc2ccc3ccccc3n2)CCN(Cc2ccc3ccccc3n2)Cc2ccc3ccccc3n2)[C@H](O)[C@@H](O)[C@H]1O. The van der Waals surface area contributed by atoms with Crippen molar-refractivity contribution >= 4 is 43.6 Å². The van der Waals surface area contributed by atoms with Crippen LogP contribution in [0.5, 0.6) is 0 Å². The molecular formula is C52H55N7O6. The first-order valence-corrected chi connectivity index (χ1v) is 22.3. The zero-order valence-corrected chi connectivity index (χ0v) is 36.3. The van der Waals surface area contributed by atoms with Gasteiger partial charge in [0.2, 0.25) is 0 Å². The summed E-state index contributed by atoms with van der Waals surface area (Å²) < 4.78 is 11.8. The Hall–Kier alpha value is -5.84. The van der Waals surface area contributed by atoms with Crippen LogP contribution in [-0.4, -0.2) is 132 Å². The maximum Gasteiger partial charge on any atom is 0.186 e. The van der Waals surface area contributed by atoms with Crippen molar-refractivity contribution in [3.05, 3.63) is 168 Å². The van der Waals surface area contributed by atoms with Gasteiger partial charge < -0.3 is 29.9 Å². The van der Waals surface area contributed by atoms with E-state index in [1.807, 2.05) is 72.8 Å². The maximum atomic E-state index is 10.8. The molecule has 0 amide bonds. The number of benzene rings is 4. The van der Waals surface area contributed by atoms with Crippen LogP contribution in [-0.2, 0) is 35.7 Å². The van der Waals surface area contributed by atoms with Gasteiger partial charge in [-0.05, 0) is 48.5 Å². The third-order valence-corrected chi connectivity index (χ3v) is 12.2. The first-order chi connectivity index (χ1) is 31.8. The minimum atomic E-state index is -1.52. The van der Waals surface area contributed by atoms with Crippen LogP contribution in [0.1, 0.15) is 22.8 Å². The van der Waals surface area contributed by atoms with Crippen molar-refractivity contribution in [2.45, 2.75) is 56.9 Å². The van der Waals surface area contributed by atoms with Gasteiger partial charge in [0.15, 0.2) is 6.29 Å². The number of nitrogens with zero attached hydrogens (tertiary/aromatic N) is 7. The highest BCUT2D eigenvalue weighted by Gasteiger charge is 2.44. The third kappa shape index (κ3) is 11.2. The van der Waals surface area contributed by atoms with Gasteiger partial charge in [-0.15, -0.1) is 0 Å². The van der Waals surface area contributed by atoms with E-state index in [-0.39, 0.29) is 6.61 Å². The van der Waals surface area contributed by atoms with Crippen LogP contribution in [0.25, 0.3) is 43.6 Å². The Kier molecular flexibility index (Phi) is 14.3. The molecule has 13 heteroatoms. The molecule has 0 radical (unpaired) electrons. The number of aliphatic hydroxyl groups is 4. The van der Waals surface area contributed by atoms with Gasteiger partial charge in [-0.25, -0.2) is 0 Å². The van der Waals surface area contributed by atoms with Gasteiger partial charge in [0.1, 0.15) is 24.4 Å². The van der Waals surface area contributed by atoms with Crippen LogP contribution in [0.15, 0.2) is 146 Å². The lowest BCUT2D eigenvalue weighted by atomic mass is 9.99. The molecule has 4 N–H and O–H groups in total. The lowest BCUT2D eigenvalue weighted by Gasteiger charge is -2.39. The van der Waals surface area contributed by atoms with Crippen LogP contribution >= 0.6 is 0 Å². The van der Waals surface area contributed by atoms with Crippen LogP contribution in [0.4, 0.5) is 0 Å². The number of hydrogen-bond donors (Lipinski definition) is 4. The average Bonchev–Trinajstić information content (AvgIpc) is 3.34. The fraction of sp³-hybridized carbons (Fsp3) is 0.308. The minimum Gasteiger partial charge on any atom is -0.394 e. The van der Waals surface area contributed by atoms with E-state index in [2.05, 4.69) is 87.5 Å². The van der Waals surface area contributed by atoms with Crippen molar-refractivity contribution in [1.82, 2.24) is 34.6 Å². The molecule has 0 saturated carbocycles. The fourth-order valence-corrected chi connectivity index (χ4v) is 8.53. The molecule has 0 spiro atoms. The van der Waals surface area contributed by atoms with E-state index in [9.17, 15) is 20.4 Å². The number of para-hydroxylation sites is 4. The molecule has 0 bridgehead atoms. The molecule has 1 saturated heterocycles. The summed E-state index contributed by atoms with van der Waals surface area (Å²) in [6.45, 7) is 5.11. The second-order valence-corrected chi connectivity index (χ2v) is 16.8. The van der Waals surface area contributed by atoms with E-state index < -0.39 is 37.3 Å². The second-order valence-electron chi connectivity index (χ2n) is 16.8. The van der Waals surface area contributed by atoms with Gasteiger partial charge in [0, 0.05) is 80.4 Å². The molecule has 8 aromatic rings. The molecule has 4 aromatic heterocycles. The number of pyridine rings is 4. The fourth-order valence-electron chi connectivity index (χ4n) is 8.53. The summed E-state index contributed by atoms with van der Waals surface area (Å²) in [4.78, 5) is 27.2. The van der Waals surface area contributed by atoms with E-state index in [0.29, 0.717) is 58.9 Å². The van der Waals surface area contributed by atoms with Gasteiger partial charge in [-0.3, -0.25) is 34.6 Å². The molecule has 4 aromatic carbocycles. The highest BCUT2D eigenvalue weighted by atomic mass is 16.7. The highest BCUT2D eigenvalue weighted by Crippen LogP contribution is 2.23. The van der Waals surface area contributed by atoms with E-state index in [0.717, 1.165) is 66.4 Å². The minimum absolute atomic E-state index is 0.152. The topological polar surface area (TPSA) is 161 Å². The maximum absolute atomic E-state index is 10.8. The average molecular weight is 874 g/mol. The number of aromatic nitrogens is 4. The van der Waals surface area contributed by atoms with E-state index >= 15 is 0 Å². The Balaban J connectivity index is 0.971. The predicted molar refractivity (Wildman–Crippen MR) is 251 cm³/mol. The quantitative estimate of drug-likeness (QED) is 0.0785.